The number of hydrogen-bond acceptors (Lipinski definition) is 5. The van der Waals surface area contributed by atoms with Crippen molar-refractivity contribution in [2.45, 2.75) is 19.9 Å². The second-order valence-electron chi connectivity index (χ2n) is 4.26. The molecule has 2 rings (SSSR count). The van der Waals surface area contributed by atoms with Gasteiger partial charge in [-0.3, -0.25) is 0 Å². The molecule has 0 saturated carbocycles. The van der Waals surface area contributed by atoms with Crippen LogP contribution in [0.25, 0.3) is 0 Å². The van der Waals surface area contributed by atoms with Crippen molar-refractivity contribution in [2.75, 3.05) is 19.5 Å². The van der Waals surface area contributed by atoms with Crippen LogP contribution in [0.3, 0.4) is 0 Å². The SMILES string of the molecule is COc1cc(NC(C)c2csc(C)n2)cc(OC)c1. The molecule has 5 heteroatoms. The van der Waals surface area contributed by atoms with Gasteiger partial charge in [0.05, 0.1) is 31.0 Å². The standard InChI is InChI=1S/C14H18N2O2S/c1-9(14-8-19-10(2)16-14)15-11-5-12(17-3)7-13(6-11)18-4/h5-9,15H,1-4H3. The number of aryl methyl sites for hydroxylation is 1. The minimum absolute atomic E-state index is 0.141. The number of methoxy groups -OCH3 is 2. The van der Waals surface area contributed by atoms with Gasteiger partial charge < -0.3 is 14.8 Å². The van der Waals surface area contributed by atoms with E-state index < -0.39 is 0 Å². The molecular weight excluding hydrogens is 260 g/mol. The van der Waals surface area contributed by atoms with Gasteiger partial charge in [0.15, 0.2) is 0 Å². The van der Waals surface area contributed by atoms with Crippen molar-refractivity contribution in [1.29, 1.82) is 0 Å². The first-order valence-electron chi connectivity index (χ1n) is 6.04. The Hall–Kier alpha value is -1.75. The average Bonchev–Trinajstić information content (AvgIpc) is 2.85. The predicted octanol–water partition coefficient (Wildman–Crippen LogP) is 3.64. The Morgan fingerprint density at radius 1 is 1.16 bits per heavy atom. The molecule has 19 heavy (non-hydrogen) atoms. The van der Waals surface area contributed by atoms with E-state index in [9.17, 15) is 0 Å². The highest BCUT2D eigenvalue weighted by Crippen LogP contribution is 2.28. The number of benzene rings is 1. The van der Waals surface area contributed by atoms with Crippen molar-refractivity contribution in [2.24, 2.45) is 0 Å². The van der Waals surface area contributed by atoms with Gasteiger partial charge in [-0.2, -0.15) is 0 Å². The summed E-state index contributed by atoms with van der Waals surface area (Å²) >= 11 is 1.66. The number of anilines is 1. The quantitative estimate of drug-likeness (QED) is 0.906. The van der Waals surface area contributed by atoms with Crippen LogP contribution in [0, 0.1) is 6.92 Å². The van der Waals surface area contributed by atoms with E-state index in [1.54, 1.807) is 25.6 Å². The van der Waals surface area contributed by atoms with Gasteiger partial charge >= 0.3 is 0 Å². The lowest BCUT2D eigenvalue weighted by Gasteiger charge is -2.15. The molecule has 1 N–H and O–H groups in total. The van der Waals surface area contributed by atoms with E-state index in [0.717, 1.165) is 27.9 Å². The lowest BCUT2D eigenvalue weighted by Crippen LogP contribution is -2.07. The number of rotatable bonds is 5. The smallest absolute Gasteiger partial charge is 0.124 e. The average molecular weight is 278 g/mol. The lowest BCUT2D eigenvalue weighted by atomic mass is 10.2. The van der Waals surface area contributed by atoms with E-state index in [-0.39, 0.29) is 6.04 Å². The molecule has 0 radical (unpaired) electrons. The van der Waals surface area contributed by atoms with Gasteiger partial charge in [-0.1, -0.05) is 0 Å². The summed E-state index contributed by atoms with van der Waals surface area (Å²) in [4.78, 5) is 4.49. The zero-order valence-electron chi connectivity index (χ0n) is 11.6. The molecule has 2 aromatic rings. The van der Waals surface area contributed by atoms with E-state index in [2.05, 4.69) is 22.6 Å². The molecular formula is C14H18N2O2S. The van der Waals surface area contributed by atoms with Crippen molar-refractivity contribution >= 4 is 17.0 Å². The Labute approximate surface area is 117 Å². The summed E-state index contributed by atoms with van der Waals surface area (Å²) < 4.78 is 10.5. The van der Waals surface area contributed by atoms with Crippen molar-refractivity contribution in [3.8, 4) is 11.5 Å². The fourth-order valence-electron chi connectivity index (χ4n) is 1.79. The number of nitrogens with one attached hydrogen (secondary N) is 1. The predicted molar refractivity (Wildman–Crippen MR) is 78.4 cm³/mol. The topological polar surface area (TPSA) is 43.4 Å². The molecule has 0 fully saturated rings. The summed E-state index contributed by atoms with van der Waals surface area (Å²) in [7, 11) is 3.29. The van der Waals surface area contributed by atoms with Crippen molar-refractivity contribution in [1.82, 2.24) is 4.98 Å². The third-order valence-electron chi connectivity index (χ3n) is 2.82. The van der Waals surface area contributed by atoms with Crippen LogP contribution in [0.15, 0.2) is 23.6 Å². The fraction of sp³-hybridized carbons (Fsp3) is 0.357. The second-order valence-corrected chi connectivity index (χ2v) is 5.32. The number of aromatic nitrogens is 1. The molecule has 1 heterocycles. The van der Waals surface area contributed by atoms with E-state index in [1.165, 1.54) is 0 Å². The van der Waals surface area contributed by atoms with E-state index in [1.807, 2.05) is 25.1 Å². The Kier molecular flexibility index (Phi) is 4.27. The van der Waals surface area contributed by atoms with Crippen LogP contribution in [0.4, 0.5) is 5.69 Å². The number of nitrogens with zero attached hydrogens (tertiary/aromatic N) is 1. The maximum absolute atomic E-state index is 5.26. The van der Waals surface area contributed by atoms with Gasteiger partial charge in [0, 0.05) is 29.3 Å². The Bertz CT molecular complexity index is 532. The highest BCUT2D eigenvalue weighted by Gasteiger charge is 2.10. The lowest BCUT2D eigenvalue weighted by molar-refractivity contribution is 0.394. The number of hydrogen-bond donors (Lipinski definition) is 1. The summed E-state index contributed by atoms with van der Waals surface area (Å²) in [6.45, 7) is 4.09. The number of ether oxygens (including phenoxy) is 2. The largest absolute Gasteiger partial charge is 0.497 e. The summed E-state index contributed by atoms with van der Waals surface area (Å²) in [5, 5.41) is 6.55. The summed E-state index contributed by atoms with van der Waals surface area (Å²) in [6, 6.07) is 5.88. The van der Waals surface area contributed by atoms with Gasteiger partial charge in [-0.15, -0.1) is 11.3 Å². The zero-order chi connectivity index (χ0) is 13.8. The molecule has 4 nitrogen and oxygen atoms in total. The third kappa shape index (κ3) is 3.38. The monoisotopic (exact) mass is 278 g/mol. The van der Waals surface area contributed by atoms with Gasteiger partial charge in [-0.25, -0.2) is 4.98 Å². The van der Waals surface area contributed by atoms with Crippen LogP contribution in [-0.4, -0.2) is 19.2 Å². The van der Waals surface area contributed by atoms with Crippen LogP contribution >= 0.6 is 11.3 Å². The van der Waals surface area contributed by atoms with E-state index >= 15 is 0 Å². The first-order valence-corrected chi connectivity index (χ1v) is 6.92. The first-order chi connectivity index (χ1) is 9.12. The van der Waals surface area contributed by atoms with Crippen LogP contribution in [-0.2, 0) is 0 Å². The first kappa shape index (κ1) is 13.7. The van der Waals surface area contributed by atoms with E-state index in [4.69, 9.17) is 9.47 Å². The molecule has 1 unspecified atom stereocenters. The second kappa shape index (κ2) is 5.93. The molecule has 0 amide bonds. The molecule has 0 aliphatic carbocycles. The van der Waals surface area contributed by atoms with E-state index in [0.29, 0.717) is 0 Å². The summed E-state index contributed by atoms with van der Waals surface area (Å²) in [5.41, 5.74) is 2.00. The van der Waals surface area contributed by atoms with Crippen LogP contribution in [0.1, 0.15) is 23.7 Å². The normalized spacial score (nSPS) is 12.0. The highest BCUT2D eigenvalue weighted by molar-refractivity contribution is 7.09. The molecule has 1 aromatic heterocycles. The van der Waals surface area contributed by atoms with Crippen molar-refractivity contribution in [3.05, 3.63) is 34.3 Å². The Balaban J connectivity index is 2.18. The molecule has 0 saturated heterocycles. The summed E-state index contributed by atoms with van der Waals surface area (Å²) in [6.07, 6.45) is 0. The van der Waals surface area contributed by atoms with Crippen molar-refractivity contribution < 1.29 is 9.47 Å². The van der Waals surface area contributed by atoms with Crippen LogP contribution in [0.2, 0.25) is 0 Å². The molecule has 0 spiro atoms. The minimum atomic E-state index is 0.141. The molecule has 0 bridgehead atoms. The van der Waals surface area contributed by atoms with Gasteiger partial charge in [0.1, 0.15) is 11.5 Å². The van der Waals surface area contributed by atoms with Gasteiger partial charge in [-0.05, 0) is 13.8 Å². The zero-order valence-corrected chi connectivity index (χ0v) is 12.4. The molecule has 0 aliphatic rings. The Morgan fingerprint density at radius 3 is 2.26 bits per heavy atom. The molecule has 102 valence electrons. The third-order valence-corrected chi connectivity index (χ3v) is 3.61. The van der Waals surface area contributed by atoms with Gasteiger partial charge in [0.2, 0.25) is 0 Å². The van der Waals surface area contributed by atoms with Gasteiger partial charge in [0.25, 0.3) is 0 Å². The highest BCUT2D eigenvalue weighted by atomic mass is 32.1. The molecule has 0 aliphatic heterocycles. The molecule has 1 atom stereocenters. The maximum atomic E-state index is 5.26. The van der Waals surface area contributed by atoms with Crippen molar-refractivity contribution in [3.63, 3.8) is 0 Å². The van der Waals surface area contributed by atoms with Crippen LogP contribution in [0.5, 0.6) is 11.5 Å². The Morgan fingerprint density at radius 2 is 1.79 bits per heavy atom. The molecule has 1 aromatic carbocycles. The maximum Gasteiger partial charge on any atom is 0.124 e. The summed E-state index contributed by atoms with van der Waals surface area (Å²) in [5.74, 6) is 1.53. The fourth-order valence-corrected chi connectivity index (χ4v) is 2.50. The van der Waals surface area contributed by atoms with Crippen LogP contribution < -0.4 is 14.8 Å². The minimum Gasteiger partial charge on any atom is -0.497 e. The number of thiazole rings is 1.